The van der Waals surface area contributed by atoms with Crippen LogP contribution in [0.25, 0.3) is 0 Å². The quantitative estimate of drug-likeness (QED) is 0.340. The zero-order valence-corrected chi connectivity index (χ0v) is 11.0. The van der Waals surface area contributed by atoms with Crippen molar-refractivity contribution in [3.63, 3.8) is 0 Å². The van der Waals surface area contributed by atoms with E-state index in [0.717, 1.165) is 0 Å². The number of ether oxygens (including phenoxy) is 1. The summed E-state index contributed by atoms with van der Waals surface area (Å²) in [7, 11) is 1.40. The summed E-state index contributed by atoms with van der Waals surface area (Å²) in [5.74, 6) is -0.719. The second-order valence-electron chi connectivity index (χ2n) is 4.54. The van der Waals surface area contributed by atoms with Crippen LogP contribution in [-0.2, 0) is 9.53 Å². The number of carbonyl (C=O) groups is 2. The van der Waals surface area contributed by atoms with Gasteiger partial charge in [-0.15, -0.1) is 0 Å². The van der Waals surface area contributed by atoms with Crippen LogP contribution in [0.5, 0.6) is 0 Å². The fourth-order valence-corrected chi connectivity index (χ4v) is 1.34. The van der Waals surface area contributed by atoms with E-state index in [4.69, 9.17) is 4.74 Å². The largest absolute Gasteiger partial charge is 0.371 e. The molecule has 0 saturated carbocycles. The van der Waals surface area contributed by atoms with Crippen molar-refractivity contribution >= 4 is 17.3 Å². The predicted molar refractivity (Wildman–Crippen MR) is 68.1 cm³/mol. The Morgan fingerprint density at radius 3 is 2.21 bits per heavy atom. The third-order valence-corrected chi connectivity index (χ3v) is 2.90. The lowest BCUT2D eigenvalue weighted by Crippen LogP contribution is -2.35. The molecule has 0 fully saturated rings. The summed E-state index contributed by atoms with van der Waals surface area (Å²) in [5.41, 5.74) is -0.845. The van der Waals surface area contributed by atoms with Crippen LogP contribution in [0.3, 0.4) is 0 Å². The van der Waals surface area contributed by atoms with Gasteiger partial charge in [-0.1, -0.05) is 0 Å². The Kier molecular flexibility index (Phi) is 4.50. The number of non-ortho nitro benzene ring substituents is 1. The van der Waals surface area contributed by atoms with Crippen molar-refractivity contribution in [2.45, 2.75) is 25.9 Å². The molecule has 102 valence electrons. The van der Waals surface area contributed by atoms with Gasteiger partial charge in [-0.25, -0.2) is 0 Å². The Balaban J connectivity index is 2.79. The topological polar surface area (TPSA) is 86.5 Å². The minimum atomic E-state index is -1.02. The predicted octanol–water partition coefficient (Wildman–Crippen LogP) is 2.16. The molecule has 0 saturated heterocycles. The highest BCUT2D eigenvalue weighted by molar-refractivity contribution is 6.10. The normalized spacial score (nSPS) is 11.1. The summed E-state index contributed by atoms with van der Waals surface area (Å²) < 4.78 is 5.00. The van der Waals surface area contributed by atoms with E-state index < -0.39 is 10.5 Å². The highest BCUT2D eigenvalue weighted by Crippen LogP contribution is 2.16. The van der Waals surface area contributed by atoms with Gasteiger partial charge in [0.2, 0.25) is 0 Å². The first kappa shape index (κ1) is 15.0. The first-order valence-electron chi connectivity index (χ1n) is 5.64. The van der Waals surface area contributed by atoms with E-state index in [-0.39, 0.29) is 29.2 Å². The number of benzene rings is 1. The summed E-state index contributed by atoms with van der Waals surface area (Å²) in [4.78, 5) is 33.6. The van der Waals surface area contributed by atoms with Crippen molar-refractivity contribution < 1.29 is 19.2 Å². The molecule has 1 aromatic rings. The van der Waals surface area contributed by atoms with Crippen molar-refractivity contribution in [2.75, 3.05) is 7.11 Å². The molecule has 0 aliphatic heterocycles. The van der Waals surface area contributed by atoms with Crippen LogP contribution in [0.15, 0.2) is 24.3 Å². The van der Waals surface area contributed by atoms with E-state index in [2.05, 4.69) is 0 Å². The minimum Gasteiger partial charge on any atom is -0.371 e. The second kappa shape index (κ2) is 5.71. The maximum atomic E-state index is 11.9. The van der Waals surface area contributed by atoms with Gasteiger partial charge in [-0.3, -0.25) is 19.7 Å². The van der Waals surface area contributed by atoms with Gasteiger partial charge in [-0.2, -0.15) is 0 Å². The van der Waals surface area contributed by atoms with Gasteiger partial charge in [0, 0.05) is 24.8 Å². The van der Waals surface area contributed by atoms with E-state index in [1.54, 1.807) is 13.8 Å². The maximum Gasteiger partial charge on any atom is 0.269 e. The molecule has 19 heavy (non-hydrogen) atoms. The number of nitro benzene ring substituents is 1. The second-order valence-corrected chi connectivity index (χ2v) is 4.54. The lowest BCUT2D eigenvalue weighted by atomic mass is 9.96. The number of hydrogen-bond donors (Lipinski definition) is 0. The Morgan fingerprint density at radius 2 is 1.79 bits per heavy atom. The fourth-order valence-electron chi connectivity index (χ4n) is 1.34. The molecule has 0 heterocycles. The standard InChI is InChI=1S/C13H15NO5/c1-13(2,19-3)12(16)8-11(15)9-4-6-10(7-5-9)14(17)18/h4-7H,8H2,1-3H3. The smallest absolute Gasteiger partial charge is 0.269 e. The van der Waals surface area contributed by atoms with Crippen LogP contribution in [0.1, 0.15) is 30.6 Å². The molecule has 0 aliphatic carbocycles. The summed E-state index contributed by atoms with van der Waals surface area (Å²) in [6.07, 6.45) is -0.293. The lowest BCUT2D eigenvalue weighted by molar-refractivity contribution is -0.384. The summed E-state index contributed by atoms with van der Waals surface area (Å²) in [6, 6.07) is 5.15. The number of nitro groups is 1. The van der Waals surface area contributed by atoms with Crippen LogP contribution in [0.4, 0.5) is 5.69 Å². The zero-order valence-electron chi connectivity index (χ0n) is 11.0. The van der Waals surface area contributed by atoms with Gasteiger partial charge in [0.15, 0.2) is 11.6 Å². The summed E-state index contributed by atoms with van der Waals surface area (Å²) in [5, 5.41) is 10.5. The van der Waals surface area contributed by atoms with Gasteiger partial charge in [0.25, 0.3) is 5.69 Å². The first-order chi connectivity index (χ1) is 8.77. The van der Waals surface area contributed by atoms with E-state index in [1.807, 2.05) is 0 Å². The number of methoxy groups -OCH3 is 1. The van der Waals surface area contributed by atoms with Crippen molar-refractivity contribution in [3.05, 3.63) is 39.9 Å². The third kappa shape index (κ3) is 3.69. The maximum absolute atomic E-state index is 11.9. The van der Waals surface area contributed by atoms with Crippen molar-refractivity contribution in [1.29, 1.82) is 0 Å². The van der Waals surface area contributed by atoms with Crippen LogP contribution < -0.4 is 0 Å². The highest BCUT2D eigenvalue weighted by atomic mass is 16.6. The van der Waals surface area contributed by atoms with E-state index in [1.165, 1.54) is 31.4 Å². The molecule has 0 N–H and O–H groups in total. The fraction of sp³-hybridized carbons (Fsp3) is 0.385. The number of hydrogen-bond acceptors (Lipinski definition) is 5. The van der Waals surface area contributed by atoms with Gasteiger partial charge in [0.1, 0.15) is 5.60 Å². The van der Waals surface area contributed by atoms with Crippen LogP contribution >= 0.6 is 0 Å². The van der Waals surface area contributed by atoms with E-state index in [9.17, 15) is 19.7 Å². The molecule has 0 atom stereocenters. The lowest BCUT2D eigenvalue weighted by Gasteiger charge is -2.20. The van der Waals surface area contributed by atoms with Crippen molar-refractivity contribution in [3.8, 4) is 0 Å². The number of rotatable bonds is 6. The minimum absolute atomic E-state index is 0.0971. The van der Waals surface area contributed by atoms with Gasteiger partial charge in [-0.05, 0) is 26.0 Å². The van der Waals surface area contributed by atoms with Crippen LogP contribution in [-0.4, -0.2) is 29.2 Å². The molecule has 1 rings (SSSR count). The molecule has 0 spiro atoms. The number of carbonyl (C=O) groups excluding carboxylic acids is 2. The monoisotopic (exact) mass is 265 g/mol. The third-order valence-electron chi connectivity index (χ3n) is 2.90. The summed E-state index contributed by atoms with van der Waals surface area (Å²) in [6.45, 7) is 3.16. The highest BCUT2D eigenvalue weighted by Gasteiger charge is 2.28. The molecule has 6 nitrogen and oxygen atoms in total. The Bertz CT molecular complexity index is 504. The van der Waals surface area contributed by atoms with Gasteiger partial charge < -0.3 is 4.74 Å². The van der Waals surface area contributed by atoms with Crippen LogP contribution in [0, 0.1) is 10.1 Å². The molecule has 0 amide bonds. The van der Waals surface area contributed by atoms with Gasteiger partial charge >= 0.3 is 0 Å². The molecular weight excluding hydrogens is 250 g/mol. The Labute approximate surface area is 110 Å². The first-order valence-corrected chi connectivity index (χ1v) is 5.64. The number of nitrogens with zero attached hydrogens (tertiary/aromatic N) is 1. The SMILES string of the molecule is COC(C)(C)C(=O)CC(=O)c1ccc([N+](=O)[O-])cc1. The van der Waals surface area contributed by atoms with Gasteiger partial charge in [0.05, 0.1) is 11.3 Å². The number of Topliss-reactive ketones (excluding diaryl/α,β-unsaturated/α-hetero) is 2. The average Bonchev–Trinajstić information content (AvgIpc) is 2.38. The van der Waals surface area contributed by atoms with Crippen molar-refractivity contribution in [2.24, 2.45) is 0 Å². The average molecular weight is 265 g/mol. The molecule has 0 aliphatic rings. The molecule has 0 unspecified atom stereocenters. The van der Waals surface area contributed by atoms with Crippen LogP contribution in [0.2, 0.25) is 0 Å². The van der Waals surface area contributed by atoms with E-state index >= 15 is 0 Å². The molecule has 1 aromatic carbocycles. The van der Waals surface area contributed by atoms with E-state index in [0.29, 0.717) is 0 Å². The van der Waals surface area contributed by atoms with Crippen molar-refractivity contribution in [1.82, 2.24) is 0 Å². The Morgan fingerprint density at radius 1 is 1.26 bits per heavy atom. The Hall–Kier alpha value is -2.08. The zero-order chi connectivity index (χ0) is 14.6. The molecular formula is C13H15NO5. The molecule has 0 radical (unpaired) electrons. The molecule has 6 heteroatoms. The summed E-state index contributed by atoms with van der Waals surface area (Å²) >= 11 is 0. The number of ketones is 2. The molecule has 0 aromatic heterocycles. The molecule has 0 bridgehead atoms.